The Bertz CT molecular complexity index is 1110. The van der Waals surface area contributed by atoms with Gasteiger partial charge < -0.3 is 10.6 Å². The van der Waals surface area contributed by atoms with Crippen LogP contribution in [0.4, 0.5) is 20.6 Å². The van der Waals surface area contributed by atoms with Crippen molar-refractivity contribution >= 4 is 29.2 Å². The molecule has 1 fully saturated rings. The van der Waals surface area contributed by atoms with E-state index < -0.39 is 46.4 Å². The number of nitrogens with zero attached hydrogens (tertiary/aromatic N) is 2. The second-order valence-electron chi connectivity index (χ2n) is 8.74. The van der Waals surface area contributed by atoms with Gasteiger partial charge in [-0.2, -0.15) is 0 Å². The minimum atomic E-state index is -1.37. The third kappa shape index (κ3) is 4.29. The lowest BCUT2D eigenvalue weighted by Crippen LogP contribution is -2.42. The molecule has 0 spiro atoms. The highest BCUT2D eigenvalue weighted by atomic mass is 19.1. The Hall–Kier alpha value is -3.82. The van der Waals surface area contributed by atoms with Gasteiger partial charge in [-0.05, 0) is 35.6 Å². The number of hydrogen-bond acceptors (Lipinski definition) is 5. The zero-order valence-corrected chi connectivity index (χ0v) is 18.1. The zero-order valence-electron chi connectivity index (χ0n) is 18.1. The number of benzene rings is 2. The van der Waals surface area contributed by atoms with Crippen LogP contribution in [0.3, 0.4) is 0 Å². The number of amides is 4. The van der Waals surface area contributed by atoms with Crippen LogP contribution in [0.2, 0.25) is 0 Å². The van der Waals surface area contributed by atoms with Crippen molar-refractivity contribution in [3.8, 4) is 0 Å². The fourth-order valence-corrected chi connectivity index (χ4v) is 3.43. The molecule has 1 atom stereocenters. The van der Waals surface area contributed by atoms with E-state index in [1.165, 1.54) is 0 Å². The van der Waals surface area contributed by atoms with Crippen molar-refractivity contribution < 1.29 is 23.7 Å². The second-order valence-corrected chi connectivity index (χ2v) is 8.74. The van der Waals surface area contributed by atoms with Gasteiger partial charge in [-0.25, -0.2) is 9.18 Å². The molecule has 0 unspecified atom stereocenters. The van der Waals surface area contributed by atoms with Gasteiger partial charge >= 0.3 is 6.03 Å². The number of nitro groups is 1. The quantitative estimate of drug-likeness (QED) is 0.417. The summed E-state index contributed by atoms with van der Waals surface area (Å²) in [6.07, 6.45) is 0. The van der Waals surface area contributed by atoms with Gasteiger partial charge in [0, 0.05) is 0 Å². The standard InChI is InChI=1S/C22H23FN4O5/c1-21(2,3)13-5-7-14(8-6-13)22(4)19(29)26(20(30)25-22)12-18(28)24-16-10-9-15(23)11-17(16)27(31)32/h5-11H,12H2,1-4H3,(H,24,28)(H,25,30)/t22-/m0/s1. The smallest absolute Gasteiger partial charge is 0.319 e. The number of anilines is 1. The Morgan fingerprint density at radius 2 is 1.81 bits per heavy atom. The molecule has 2 aromatic rings. The normalized spacial score (nSPS) is 18.5. The van der Waals surface area contributed by atoms with E-state index in [9.17, 15) is 28.9 Å². The van der Waals surface area contributed by atoms with Gasteiger partial charge in [-0.1, -0.05) is 45.0 Å². The molecular formula is C22H23FN4O5. The Morgan fingerprint density at radius 3 is 2.38 bits per heavy atom. The lowest BCUT2D eigenvalue weighted by atomic mass is 9.84. The first kappa shape index (κ1) is 22.9. The summed E-state index contributed by atoms with van der Waals surface area (Å²) in [7, 11) is 0. The van der Waals surface area contributed by atoms with E-state index in [4.69, 9.17) is 0 Å². The first-order valence-electron chi connectivity index (χ1n) is 9.82. The van der Waals surface area contributed by atoms with Crippen LogP contribution < -0.4 is 10.6 Å². The van der Waals surface area contributed by atoms with Crippen LogP contribution in [0.1, 0.15) is 38.8 Å². The Kier molecular flexibility index (Phi) is 5.73. The van der Waals surface area contributed by atoms with E-state index in [0.717, 1.165) is 22.6 Å². The monoisotopic (exact) mass is 442 g/mol. The summed E-state index contributed by atoms with van der Waals surface area (Å²) in [6.45, 7) is 7.05. The van der Waals surface area contributed by atoms with Gasteiger partial charge in [0.25, 0.3) is 11.6 Å². The number of imide groups is 1. The molecular weight excluding hydrogens is 419 g/mol. The molecule has 3 rings (SSSR count). The van der Waals surface area contributed by atoms with Crippen LogP contribution in [0, 0.1) is 15.9 Å². The maximum atomic E-state index is 13.3. The number of hydrogen-bond donors (Lipinski definition) is 2. The molecule has 10 heteroatoms. The fourth-order valence-electron chi connectivity index (χ4n) is 3.43. The van der Waals surface area contributed by atoms with E-state index in [1.807, 2.05) is 12.1 Å². The molecule has 0 aromatic heterocycles. The van der Waals surface area contributed by atoms with Crippen LogP contribution in [0.25, 0.3) is 0 Å². The van der Waals surface area contributed by atoms with Crippen LogP contribution in [0.5, 0.6) is 0 Å². The van der Waals surface area contributed by atoms with Crippen LogP contribution in [-0.4, -0.2) is 34.2 Å². The van der Waals surface area contributed by atoms with Gasteiger partial charge in [-0.3, -0.25) is 24.6 Å². The molecule has 2 aromatic carbocycles. The van der Waals surface area contributed by atoms with Crippen molar-refractivity contribution in [3.05, 3.63) is 69.5 Å². The van der Waals surface area contributed by atoms with Gasteiger partial charge in [0.15, 0.2) is 0 Å². The SMILES string of the molecule is CC(C)(C)c1ccc([C@]2(C)NC(=O)N(CC(=O)Nc3ccc(F)cc3[N+](=O)[O-])C2=O)cc1. The average Bonchev–Trinajstić information content (AvgIpc) is 2.92. The molecule has 2 N–H and O–H groups in total. The average molecular weight is 442 g/mol. The van der Waals surface area contributed by atoms with Crippen molar-refractivity contribution in [2.75, 3.05) is 11.9 Å². The summed E-state index contributed by atoms with van der Waals surface area (Å²) in [4.78, 5) is 48.9. The Balaban J connectivity index is 1.78. The summed E-state index contributed by atoms with van der Waals surface area (Å²) >= 11 is 0. The number of halogens is 1. The number of carbonyl (C=O) groups excluding carboxylic acids is 3. The predicted molar refractivity (Wildman–Crippen MR) is 114 cm³/mol. The predicted octanol–water partition coefficient (Wildman–Crippen LogP) is 3.44. The van der Waals surface area contributed by atoms with Crippen molar-refractivity contribution in [1.82, 2.24) is 10.2 Å². The highest BCUT2D eigenvalue weighted by molar-refractivity contribution is 6.10. The lowest BCUT2D eigenvalue weighted by molar-refractivity contribution is -0.384. The Morgan fingerprint density at radius 1 is 1.19 bits per heavy atom. The van der Waals surface area contributed by atoms with Crippen molar-refractivity contribution in [2.45, 2.75) is 38.6 Å². The fraction of sp³-hybridized carbons (Fsp3) is 0.318. The Labute approximate surface area is 183 Å². The van der Waals surface area contributed by atoms with Gasteiger partial charge in [0.2, 0.25) is 5.91 Å². The molecule has 4 amide bonds. The van der Waals surface area contributed by atoms with E-state index in [0.29, 0.717) is 11.6 Å². The highest BCUT2D eigenvalue weighted by Gasteiger charge is 2.49. The van der Waals surface area contributed by atoms with E-state index in [-0.39, 0.29) is 11.1 Å². The van der Waals surface area contributed by atoms with Gasteiger partial charge in [0.1, 0.15) is 23.6 Å². The van der Waals surface area contributed by atoms with E-state index in [2.05, 4.69) is 31.4 Å². The molecule has 1 saturated heterocycles. The molecule has 9 nitrogen and oxygen atoms in total. The number of urea groups is 1. The van der Waals surface area contributed by atoms with Crippen molar-refractivity contribution in [2.24, 2.45) is 0 Å². The molecule has 1 aliphatic rings. The molecule has 0 radical (unpaired) electrons. The molecule has 1 heterocycles. The minimum absolute atomic E-state index is 0.0878. The molecule has 32 heavy (non-hydrogen) atoms. The number of nitro benzene ring substituents is 1. The summed E-state index contributed by atoms with van der Waals surface area (Å²) in [5.74, 6) is -2.30. The van der Waals surface area contributed by atoms with Gasteiger partial charge in [0.05, 0.1) is 11.0 Å². The topological polar surface area (TPSA) is 122 Å². The zero-order chi connectivity index (χ0) is 23.8. The molecule has 0 bridgehead atoms. The third-order valence-electron chi connectivity index (χ3n) is 5.34. The largest absolute Gasteiger partial charge is 0.325 e. The summed E-state index contributed by atoms with van der Waals surface area (Å²) in [5, 5.41) is 16.0. The van der Waals surface area contributed by atoms with E-state index in [1.54, 1.807) is 19.1 Å². The maximum Gasteiger partial charge on any atom is 0.325 e. The minimum Gasteiger partial charge on any atom is -0.319 e. The summed E-state index contributed by atoms with van der Waals surface area (Å²) < 4.78 is 13.3. The second kappa shape index (κ2) is 8.03. The van der Waals surface area contributed by atoms with E-state index >= 15 is 0 Å². The highest BCUT2D eigenvalue weighted by Crippen LogP contribution is 2.31. The van der Waals surface area contributed by atoms with Crippen LogP contribution in [-0.2, 0) is 20.5 Å². The lowest BCUT2D eigenvalue weighted by Gasteiger charge is -2.24. The number of carbonyl (C=O) groups is 3. The van der Waals surface area contributed by atoms with Crippen molar-refractivity contribution in [3.63, 3.8) is 0 Å². The van der Waals surface area contributed by atoms with Crippen LogP contribution in [0.15, 0.2) is 42.5 Å². The first-order valence-corrected chi connectivity index (χ1v) is 9.82. The van der Waals surface area contributed by atoms with Crippen LogP contribution >= 0.6 is 0 Å². The third-order valence-corrected chi connectivity index (χ3v) is 5.34. The summed E-state index contributed by atoms with van der Waals surface area (Å²) in [6, 6.07) is 9.16. The molecule has 168 valence electrons. The van der Waals surface area contributed by atoms with Crippen molar-refractivity contribution in [1.29, 1.82) is 0 Å². The number of nitrogens with one attached hydrogen (secondary N) is 2. The first-order chi connectivity index (χ1) is 14.8. The molecule has 1 aliphatic heterocycles. The molecule has 0 aliphatic carbocycles. The maximum absolute atomic E-state index is 13.3. The summed E-state index contributed by atoms with van der Waals surface area (Å²) in [5.41, 5.74) is -0.724. The molecule has 0 saturated carbocycles. The van der Waals surface area contributed by atoms with Gasteiger partial charge in [-0.15, -0.1) is 0 Å². The number of rotatable bonds is 5.